The maximum absolute atomic E-state index is 12.1. The van der Waals surface area contributed by atoms with Crippen LogP contribution in [0.1, 0.15) is 36.3 Å². The molecule has 2 fully saturated rings. The summed E-state index contributed by atoms with van der Waals surface area (Å²) in [5.41, 5.74) is 2.18. The summed E-state index contributed by atoms with van der Waals surface area (Å²) in [7, 11) is 1.67. The first kappa shape index (κ1) is 20.5. The van der Waals surface area contributed by atoms with Crippen LogP contribution in [0.15, 0.2) is 48.5 Å². The van der Waals surface area contributed by atoms with E-state index in [1.807, 2.05) is 30.3 Å². The van der Waals surface area contributed by atoms with Crippen LogP contribution in [0.5, 0.6) is 0 Å². The molecule has 2 aliphatic rings. The summed E-state index contributed by atoms with van der Waals surface area (Å²) < 4.78 is 0. The minimum absolute atomic E-state index is 0.121. The molecule has 1 saturated carbocycles. The molecular formula is C23H27Cl2N3O. The number of likely N-dealkylation sites (tertiary alicyclic amines) is 1. The van der Waals surface area contributed by atoms with Crippen molar-refractivity contribution in [3.63, 3.8) is 0 Å². The predicted octanol–water partition coefficient (Wildman–Crippen LogP) is 5.02. The molecule has 2 atom stereocenters. The molecule has 4 nitrogen and oxygen atoms in total. The number of hydrogen-bond donors (Lipinski definition) is 2. The van der Waals surface area contributed by atoms with Crippen LogP contribution in [0.2, 0.25) is 10.0 Å². The number of amides is 2. The smallest absolute Gasteiger partial charge is 0.315 e. The molecule has 4 rings (SSSR count). The Bertz CT molecular complexity index is 866. The maximum atomic E-state index is 12.1. The van der Waals surface area contributed by atoms with Crippen LogP contribution < -0.4 is 10.6 Å². The zero-order valence-corrected chi connectivity index (χ0v) is 18.1. The molecule has 1 aliphatic carbocycles. The van der Waals surface area contributed by atoms with Crippen molar-refractivity contribution in [1.29, 1.82) is 0 Å². The van der Waals surface area contributed by atoms with Crippen LogP contribution >= 0.6 is 23.2 Å². The molecule has 1 heterocycles. The molecule has 29 heavy (non-hydrogen) atoms. The molecule has 2 aromatic carbocycles. The Morgan fingerprint density at radius 2 is 1.83 bits per heavy atom. The van der Waals surface area contributed by atoms with Gasteiger partial charge >= 0.3 is 6.03 Å². The summed E-state index contributed by atoms with van der Waals surface area (Å²) in [6.07, 6.45) is 3.03. The number of hydrogen-bond acceptors (Lipinski definition) is 2. The predicted molar refractivity (Wildman–Crippen MR) is 119 cm³/mol. The van der Waals surface area contributed by atoms with Gasteiger partial charge in [-0.25, -0.2) is 4.79 Å². The SMILES string of the molecule is CNC(=O)NC1(c2ccccc2)CCN(C[C@@H]2C[C@@H]2c2ccc(Cl)c(Cl)c2)CC1. The second-order valence-electron chi connectivity index (χ2n) is 8.23. The first-order chi connectivity index (χ1) is 14.0. The molecule has 0 aromatic heterocycles. The monoisotopic (exact) mass is 431 g/mol. The van der Waals surface area contributed by atoms with Gasteiger partial charge in [0.25, 0.3) is 0 Å². The fraction of sp³-hybridized carbons (Fsp3) is 0.435. The standard InChI is InChI=1S/C23H27Cl2N3O/c1-26-22(29)27-23(18-5-3-2-4-6-18)9-11-28(12-10-23)15-17-13-19(17)16-7-8-20(24)21(25)14-16/h2-8,14,17,19H,9-13,15H2,1H3,(H2,26,27,29)/t17-,19+/m0/s1. The van der Waals surface area contributed by atoms with Crippen LogP contribution in [0.3, 0.4) is 0 Å². The molecule has 1 saturated heterocycles. The van der Waals surface area contributed by atoms with Crippen molar-refractivity contribution in [2.45, 2.75) is 30.7 Å². The van der Waals surface area contributed by atoms with Crippen LogP contribution in [0.4, 0.5) is 4.79 Å². The molecule has 6 heteroatoms. The Morgan fingerprint density at radius 3 is 2.48 bits per heavy atom. The van der Waals surface area contributed by atoms with Gasteiger partial charge in [-0.15, -0.1) is 0 Å². The molecule has 1 aliphatic heterocycles. The van der Waals surface area contributed by atoms with Crippen molar-refractivity contribution in [2.24, 2.45) is 5.92 Å². The van der Waals surface area contributed by atoms with Crippen molar-refractivity contribution in [3.05, 3.63) is 69.7 Å². The fourth-order valence-corrected chi connectivity index (χ4v) is 4.88. The van der Waals surface area contributed by atoms with Gasteiger partial charge in [-0.3, -0.25) is 0 Å². The van der Waals surface area contributed by atoms with Gasteiger partial charge < -0.3 is 15.5 Å². The number of carbonyl (C=O) groups excluding carboxylic acids is 1. The lowest BCUT2D eigenvalue weighted by Gasteiger charge is -2.43. The quantitative estimate of drug-likeness (QED) is 0.697. The van der Waals surface area contributed by atoms with E-state index in [0.29, 0.717) is 21.9 Å². The Kier molecular flexibility index (Phi) is 6.05. The molecule has 154 valence electrons. The van der Waals surface area contributed by atoms with E-state index in [9.17, 15) is 4.79 Å². The van der Waals surface area contributed by atoms with Crippen LogP contribution in [-0.4, -0.2) is 37.6 Å². The zero-order valence-electron chi connectivity index (χ0n) is 16.6. The van der Waals surface area contributed by atoms with E-state index < -0.39 is 0 Å². The molecular weight excluding hydrogens is 405 g/mol. The van der Waals surface area contributed by atoms with Crippen molar-refractivity contribution in [3.8, 4) is 0 Å². The van der Waals surface area contributed by atoms with Crippen molar-refractivity contribution in [1.82, 2.24) is 15.5 Å². The van der Waals surface area contributed by atoms with Gasteiger partial charge in [0.2, 0.25) is 0 Å². The number of benzene rings is 2. The van der Waals surface area contributed by atoms with Crippen molar-refractivity contribution < 1.29 is 4.79 Å². The summed E-state index contributed by atoms with van der Waals surface area (Å²) in [6, 6.07) is 16.2. The lowest BCUT2D eigenvalue weighted by molar-refractivity contribution is 0.132. The fourth-order valence-electron chi connectivity index (χ4n) is 4.57. The van der Waals surface area contributed by atoms with Gasteiger partial charge in [-0.2, -0.15) is 0 Å². The van der Waals surface area contributed by atoms with E-state index >= 15 is 0 Å². The number of nitrogens with zero attached hydrogens (tertiary/aromatic N) is 1. The number of urea groups is 1. The average molecular weight is 432 g/mol. The summed E-state index contributed by atoms with van der Waals surface area (Å²) in [5.74, 6) is 1.25. The number of carbonyl (C=O) groups is 1. The van der Waals surface area contributed by atoms with Gasteiger partial charge in [0.15, 0.2) is 0 Å². The third kappa shape index (κ3) is 4.55. The topological polar surface area (TPSA) is 44.4 Å². The van der Waals surface area contributed by atoms with Gasteiger partial charge in [0, 0.05) is 26.7 Å². The van der Waals surface area contributed by atoms with Gasteiger partial charge in [0.05, 0.1) is 15.6 Å². The number of nitrogens with one attached hydrogen (secondary N) is 2. The summed E-state index contributed by atoms with van der Waals surface area (Å²) >= 11 is 12.2. The number of halogens is 2. The van der Waals surface area contributed by atoms with Gasteiger partial charge in [-0.05, 0) is 54.4 Å². The highest BCUT2D eigenvalue weighted by Gasteiger charge is 2.42. The van der Waals surface area contributed by atoms with E-state index in [1.54, 1.807) is 7.05 Å². The largest absolute Gasteiger partial charge is 0.341 e. The van der Waals surface area contributed by atoms with E-state index in [1.165, 1.54) is 17.5 Å². The summed E-state index contributed by atoms with van der Waals surface area (Å²) in [5, 5.41) is 7.19. The highest BCUT2D eigenvalue weighted by molar-refractivity contribution is 6.42. The van der Waals surface area contributed by atoms with E-state index in [-0.39, 0.29) is 11.6 Å². The van der Waals surface area contributed by atoms with Crippen molar-refractivity contribution in [2.75, 3.05) is 26.7 Å². The van der Waals surface area contributed by atoms with Crippen LogP contribution in [0, 0.1) is 5.92 Å². The molecule has 2 amide bonds. The molecule has 2 N–H and O–H groups in total. The molecule has 0 spiro atoms. The number of rotatable bonds is 5. The highest BCUT2D eigenvalue weighted by atomic mass is 35.5. The maximum Gasteiger partial charge on any atom is 0.315 e. The van der Waals surface area contributed by atoms with Crippen LogP contribution in [0.25, 0.3) is 0 Å². The second-order valence-corrected chi connectivity index (χ2v) is 9.04. The first-order valence-corrected chi connectivity index (χ1v) is 11.0. The Balaban J connectivity index is 1.38. The zero-order chi connectivity index (χ0) is 20.4. The van der Waals surface area contributed by atoms with Gasteiger partial charge in [-0.1, -0.05) is 59.6 Å². The van der Waals surface area contributed by atoms with E-state index in [4.69, 9.17) is 23.2 Å². The minimum Gasteiger partial charge on any atom is -0.341 e. The Hall–Kier alpha value is -1.75. The average Bonchev–Trinajstić information content (AvgIpc) is 3.51. The second kappa shape index (κ2) is 8.55. The van der Waals surface area contributed by atoms with Crippen LogP contribution in [-0.2, 0) is 5.54 Å². The molecule has 0 unspecified atom stereocenters. The molecule has 0 bridgehead atoms. The van der Waals surface area contributed by atoms with E-state index in [2.05, 4.69) is 33.7 Å². The van der Waals surface area contributed by atoms with Gasteiger partial charge in [0.1, 0.15) is 0 Å². The lowest BCUT2D eigenvalue weighted by Crippen LogP contribution is -2.55. The number of piperidine rings is 1. The van der Waals surface area contributed by atoms with E-state index in [0.717, 1.165) is 32.5 Å². The van der Waals surface area contributed by atoms with Crippen molar-refractivity contribution >= 4 is 29.2 Å². The Labute approximate surface area is 182 Å². The first-order valence-electron chi connectivity index (χ1n) is 10.2. The third-order valence-corrected chi connectivity index (χ3v) is 7.14. The highest BCUT2D eigenvalue weighted by Crippen LogP contribution is 2.49. The summed E-state index contributed by atoms with van der Waals surface area (Å²) in [6.45, 7) is 3.04. The summed E-state index contributed by atoms with van der Waals surface area (Å²) in [4.78, 5) is 14.7. The molecule has 2 aromatic rings. The minimum atomic E-state index is -0.301. The molecule has 0 radical (unpaired) electrons. The Morgan fingerprint density at radius 1 is 1.10 bits per heavy atom. The lowest BCUT2D eigenvalue weighted by atomic mass is 9.81. The third-order valence-electron chi connectivity index (χ3n) is 6.40. The normalized spacial score (nSPS) is 23.4.